The van der Waals surface area contributed by atoms with Crippen molar-refractivity contribution in [1.82, 2.24) is 15.1 Å². The number of aromatic nitrogens is 2. The number of carbonyl (C=O) groups is 2. The number of halogens is 1. The summed E-state index contributed by atoms with van der Waals surface area (Å²) < 4.78 is 14.0. The lowest BCUT2D eigenvalue weighted by atomic mass is 9.85. The van der Waals surface area contributed by atoms with Crippen LogP contribution in [0.2, 0.25) is 0 Å². The van der Waals surface area contributed by atoms with Crippen molar-refractivity contribution in [3.05, 3.63) is 88.0 Å². The Labute approximate surface area is 218 Å². The fourth-order valence-corrected chi connectivity index (χ4v) is 5.09. The molecule has 2 heterocycles. The SMILES string of the molecule is CC(C(=O)Nc1nncs1)[C@H](c1cccc(F)c1)c1ccc(-c2ccc(C=O)cc2)s1.CCN(C)C. The Kier molecular flexibility index (Phi) is 9.98. The molecule has 9 heteroatoms. The van der Waals surface area contributed by atoms with Gasteiger partial charge in [0.05, 0.1) is 0 Å². The number of carbonyl (C=O) groups excluding carboxylic acids is 2. The van der Waals surface area contributed by atoms with Crippen LogP contribution in [0.3, 0.4) is 0 Å². The molecule has 6 nitrogen and oxygen atoms in total. The monoisotopic (exact) mass is 524 g/mol. The van der Waals surface area contributed by atoms with Crippen LogP contribution in [-0.2, 0) is 4.79 Å². The highest BCUT2D eigenvalue weighted by atomic mass is 32.1. The van der Waals surface area contributed by atoms with Crippen molar-refractivity contribution in [1.29, 1.82) is 0 Å². The van der Waals surface area contributed by atoms with Gasteiger partial charge in [-0.15, -0.1) is 21.5 Å². The summed E-state index contributed by atoms with van der Waals surface area (Å²) in [5, 5.41) is 10.8. The number of aldehydes is 1. The second-order valence-electron chi connectivity index (χ2n) is 8.39. The van der Waals surface area contributed by atoms with Crippen LogP contribution in [0.1, 0.15) is 40.6 Å². The average molecular weight is 525 g/mol. The maximum absolute atomic E-state index is 14.0. The molecule has 2 atom stereocenters. The highest BCUT2D eigenvalue weighted by Crippen LogP contribution is 2.40. The van der Waals surface area contributed by atoms with E-state index in [-0.39, 0.29) is 17.6 Å². The van der Waals surface area contributed by atoms with Gasteiger partial charge in [0.25, 0.3) is 0 Å². The molecule has 1 N–H and O–H groups in total. The number of nitrogens with zero attached hydrogens (tertiary/aromatic N) is 3. The fraction of sp³-hybridized carbons (Fsp3) is 0.259. The minimum absolute atomic E-state index is 0.212. The van der Waals surface area contributed by atoms with Crippen LogP contribution in [0.25, 0.3) is 10.4 Å². The standard InChI is InChI=1S/C23H18FN3O2S2.C4H11N/c1-14(22(29)26-23-27-25-13-30-23)21(17-3-2-4-18(24)11-17)20-10-9-19(31-20)16-7-5-15(12-28)6-8-16;1-4-5(2)3/h2-14,21H,1H3,(H,26,27,29);4H2,1-3H3/t14?,21-;/m1./s1. The van der Waals surface area contributed by atoms with E-state index in [0.29, 0.717) is 10.7 Å². The summed E-state index contributed by atoms with van der Waals surface area (Å²) in [6.45, 7) is 5.09. The summed E-state index contributed by atoms with van der Waals surface area (Å²) in [4.78, 5) is 27.9. The quantitative estimate of drug-likeness (QED) is 0.278. The number of amides is 1. The maximum Gasteiger partial charge on any atom is 0.230 e. The van der Waals surface area contributed by atoms with Gasteiger partial charge in [-0.1, -0.05) is 61.6 Å². The van der Waals surface area contributed by atoms with Crippen molar-refractivity contribution in [3.63, 3.8) is 0 Å². The van der Waals surface area contributed by atoms with E-state index in [1.54, 1.807) is 35.0 Å². The van der Waals surface area contributed by atoms with Crippen LogP contribution in [0.5, 0.6) is 0 Å². The summed E-state index contributed by atoms with van der Waals surface area (Å²) in [5.41, 5.74) is 3.86. The Morgan fingerprint density at radius 2 is 1.86 bits per heavy atom. The first-order valence-electron chi connectivity index (χ1n) is 11.4. The van der Waals surface area contributed by atoms with Crippen molar-refractivity contribution in [2.75, 3.05) is 26.0 Å². The zero-order chi connectivity index (χ0) is 26.1. The molecule has 0 saturated heterocycles. The lowest BCUT2D eigenvalue weighted by molar-refractivity contribution is -0.119. The second-order valence-corrected chi connectivity index (χ2v) is 10.3. The minimum Gasteiger partial charge on any atom is -0.310 e. The molecular weight excluding hydrogens is 495 g/mol. The van der Waals surface area contributed by atoms with Crippen LogP contribution < -0.4 is 5.32 Å². The smallest absolute Gasteiger partial charge is 0.230 e. The Morgan fingerprint density at radius 3 is 2.44 bits per heavy atom. The Morgan fingerprint density at radius 1 is 1.14 bits per heavy atom. The molecule has 0 aliphatic heterocycles. The normalized spacial score (nSPS) is 12.4. The molecule has 0 aliphatic carbocycles. The zero-order valence-corrected chi connectivity index (χ0v) is 22.3. The van der Waals surface area contributed by atoms with Gasteiger partial charge < -0.3 is 10.2 Å². The topological polar surface area (TPSA) is 75.2 Å². The van der Waals surface area contributed by atoms with Gasteiger partial charge in [-0.05, 0) is 56.0 Å². The predicted molar refractivity (Wildman–Crippen MR) is 145 cm³/mol. The predicted octanol–water partition coefficient (Wildman–Crippen LogP) is 6.19. The van der Waals surface area contributed by atoms with E-state index in [1.807, 2.05) is 37.3 Å². The highest BCUT2D eigenvalue weighted by Gasteiger charge is 2.29. The van der Waals surface area contributed by atoms with Gasteiger partial charge >= 0.3 is 0 Å². The molecule has 4 aromatic rings. The van der Waals surface area contributed by atoms with Crippen LogP contribution >= 0.6 is 22.7 Å². The van der Waals surface area contributed by atoms with E-state index < -0.39 is 5.92 Å². The van der Waals surface area contributed by atoms with Gasteiger partial charge in [0.1, 0.15) is 17.6 Å². The number of thiophene rings is 1. The van der Waals surface area contributed by atoms with Crippen LogP contribution in [0.15, 0.2) is 66.2 Å². The molecule has 0 fully saturated rings. The third-order valence-electron chi connectivity index (χ3n) is 5.61. The van der Waals surface area contributed by atoms with Gasteiger partial charge in [-0.2, -0.15) is 0 Å². The molecule has 2 aromatic heterocycles. The molecule has 4 rings (SSSR count). The number of rotatable bonds is 8. The van der Waals surface area contributed by atoms with Crippen molar-refractivity contribution in [2.45, 2.75) is 19.8 Å². The Hall–Kier alpha value is -3.27. The summed E-state index contributed by atoms with van der Waals surface area (Å²) in [7, 11) is 4.11. The Balaban J connectivity index is 0.000000658. The largest absolute Gasteiger partial charge is 0.310 e. The van der Waals surface area contributed by atoms with E-state index in [4.69, 9.17) is 0 Å². The number of hydrogen-bond donors (Lipinski definition) is 1. The zero-order valence-electron chi connectivity index (χ0n) is 20.6. The summed E-state index contributed by atoms with van der Waals surface area (Å²) >= 11 is 2.79. The third kappa shape index (κ3) is 7.36. The van der Waals surface area contributed by atoms with E-state index in [1.165, 1.54) is 23.5 Å². The van der Waals surface area contributed by atoms with Crippen LogP contribution in [0, 0.1) is 11.7 Å². The van der Waals surface area contributed by atoms with Gasteiger partial charge in [-0.3, -0.25) is 9.59 Å². The van der Waals surface area contributed by atoms with E-state index >= 15 is 0 Å². The fourth-order valence-electron chi connectivity index (χ4n) is 3.40. The second kappa shape index (κ2) is 13.2. The van der Waals surface area contributed by atoms with Gasteiger partial charge in [0.15, 0.2) is 0 Å². The lowest BCUT2D eigenvalue weighted by Crippen LogP contribution is -2.26. The summed E-state index contributed by atoms with van der Waals surface area (Å²) in [5.74, 6) is -1.37. The van der Waals surface area contributed by atoms with Crippen LogP contribution in [-0.4, -0.2) is 47.9 Å². The van der Waals surface area contributed by atoms with Gasteiger partial charge in [0.2, 0.25) is 11.0 Å². The molecule has 0 bridgehead atoms. The molecule has 1 unspecified atom stereocenters. The number of anilines is 1. The minimum atomic E-state index is -0.477. The van der Waals surface area contributed by atoms with E-state index in [0.717, 1.165) is 33.7 Å². The van der Waals surface area contributed by atoms with Crippen molar-refractivity contribution >= 4 is 40.0 Å². The molecule has 36 heavy (non-hydrogen) atoms. The molecule has 188 valence electrons. The van der Waals surface area contributed by atoms with Gasteiger partial charge in [-0.25, -0.2) is 4.39 Å². The molecule has 2 aromatic carbocycles. The number of hydrogen-bond acceptors (Lipinski definition) is 7. The summed E-state index contributed by atoms with van der Waals surface area (Å²) in [6.07, 6.45) is 0.807. The first-order valence-corrected chi connectivity index (χ1v) is 13.1. The third-order valence-corrected chi connectivity index (χ3v) is 7.43. The molecule has 0 saturated carbocycles. The summed E-state index contributed by atoms with van der Waals surface area (Å²) in [6, 6.07) is 17.6. The van der Waals surface area contributed by atoms with Gasteiger partial charge in [0, 0.05) is 27.2 Å². The molecule has 0 aliphatic rings. The molecule has 0 spiro atoms. The van der Waals surface area contributed by atoms with E-state index in [2.05, 4.69) is 41.4 Å². The molecule has 0 radical (unpaired) electrons. The highest BCUT2D eigenvalue weighted by molar-refractivity contribution is 7.15. The average Bonchev–Trinajstić information content (AvgIpc) is 3.57. The molecular formula is C27H29FN4O2S2. The number of nitrogens with one attached hydrogen (secondary N) is 1. The van der Waals surface area contributed by atoms with Crippen molar-refractivity contribution in [3.8, 4) is 10.4 Å². The molecule has 1 amide bonds. The Bertz CT molecular complexity index is 1260. The first-order chi connectivity index (χ1) is 17.3. The van der Waals surface area contributed by atoms with E-state index in [9.17, 15) is 14.0 Å². The van der Waals surface area contributed by atoms with Crippen LogP contribution in [0.4, 0.5) is 9.52 Å². The maximum atomic E-state index is 14.0. The van der Waals surface area contributed by atoms with Crippen molar-refractivity contribution < 1.29 is 14.0 Å². The van der Waals surface area contributed by atoms with Crippen molar-refractivity contribution in [2.24, 2.45) is 5.92 Å². The number of benzene rings is 2. The lowest BCUT2D eigenvalue weighted by Gasteiger charge is -2.22. The first kappa shape index (κ1) is 27.3.